The number of aliphatic hydroxyl groups is 1. The van der Waals surface area contributed by atoms with E-state index in [0.717, 1.165) is 125 Å². The highest BCUT2D eigenvalue weighted by Gasteiger charge is 2.46. The number of carbonyl (C=O) groups is 2. The van der Waals surface area contributed by atoms with Crippen LogP contribution >= 0.6 is 63.7 Å². The third-order valence-corrected chi connectivity index (χ3v) is 26.8. The maximum atomic E-state index is 14.2. The number of aromatic nitrogens is 2. The molecule has 0 spiro atoms. The number of nitriles is 2. The number of carbonyl (C=O) groups excluding carboxylic acids is 2. The van der Waals surface area contributed by atoms with Gasteiger partial charge in [0.2, 0.25) is 0 Å². The van der Waals surface area contributed by atoms with Crippen LogP contribution in [0.2, 0.25) is 0 Å². The molecule has 620 valence electrons. The summed E-state index contributed by atoms with van der Waals surface area (Å²) in [6, 6.07) is 55.2. The number of piperazine rings is 3. The number of ether oxygens (including phenoxy) is 1. The van der Waals surface area contributed by atoms with Crippen LogP contribution in [0.25, 0.3) is 21.8 Å². The monoisotopic (exact) mass is 1870 g/mol. The van der Waals surface area contributed by atoms with Crippen molar-refractivity contribution in [1.82, 2.24) is 44.7 Å². The van der Waals surface area contributed by atoms with E-state index < -0.39 is 17.3 Å². The number of rotatable bonds is 6. The molecule has 0 radical (unpaired) electrons. The van der Waals surface area contributed by atoms with Crippen LogP contribution in [-0.4, -0.2) is 137 Å². The zero-order valence-corrected chi connectivity index (χ0v) is 74.2. The molecule has 4 saturated heterocycles. The van der Waals surface area contributed by atoms with E-state index in [2.05, 4.69) is 185 Å². The molecule has 1 aliphatic carbocycles. The number of pyridine rings is 2. The van der Waals surface area contributed by atoms with Gasteiger partial charge in [0, 0.05) is 143 Å². The fraction of sp³-hybridized carbons (Fsp3) is 0.383. The van der Waals surface area contributed by atoms with Gasteiger partial charge in [-0.2, -0.15) is 10.5 Å². The number of hydrogen-bond donors (Lipinski definition) is 2. The molecule has 0 unspecified atom stereocenters. The van der Waals surface area contributed by atoms with Gasteiger partial charge < -0.3 is 25.0 Å². The number of fused-ring (bicyclic) bond motifs is 14. The Morgan fingerprint density at radius 1 is 0.529 bits per heavy atom. The largest absolute Gasteiger partial charge is 0.444 e. The predicted molar refractivity (Wildman–Crippen MR) is 468 cm³/mol. The normalized spacial score (nSPS) is 23.4. The summed E-state index contributed by atoms with van der Waals surface area (Å²) in [7, 11) is 0. The molecule has 25 heteroatoms. The van der Waals surface area contributed by atoms with Crippen molar-refractivity contribution >= 4 is 103 Å². The van der Waals surface area contributed by atoms with Gasteiger partial charge in [-0.1, -0.05) is 67.1 Å². The minimum atomic E-state index is -0.795. The van der Waals surface area contributed by atoms with E-state index in [-0.39, 0.29) is 59.2 Å². The average Bonchev–Trinajstić information content (AvgIpc) is 1.63. The lowest BCUT2D eigenvalue weighted by Gasteiger charge is -2.43. The van der Waals surface area contributed by atoms with Crippen LogP contribution in [0.1, 0.15) is 190 Å². The molecule has 10 atom stereocenters. The van der Waals surface area contributed by atoms with E-state index >= 15 is 0 Å². The van der Waals surface area contributed by atoms with Crippen molar-refractivity contribution in [3.63, 3.8) is 0 Å². The Labute approximate surface area is 726 Å². The lowest BCUT2D eigenvalue weighted by atomic mass is 9.94. The molecule has 1 saturated carbocycles. The number of hydrogen-bond acceptors (Lipinski definition) is 14. The molecule has 8 aliphatic heterocycles. The van der Waals surface area contributed by atoms with Crippen molar-refractivity contribution in [1.29, 1.82) is 10.5 Å². The summed E-state index contributed by atoms with van der Waals surface area (Å²) < 4.78 is 76.1. The standard InChI is InChI=1S/C22H18BrFN4.C19H18BrFN2O.C19H20BrFN2.C13H15BrFN.C11H21NO3.C10H5FN2/c1-13-10-27(20-5-4-14(9-25)22-16(20)3-2-6-26-22)12-21-17-8-19(24)18(23)7-15(17)11-28(13)21;1-12-9-22(10-13-5-3-2-4-6-13)11-18-14-8-17(21)16(20)7-15(14)19(24)23(12)18;1-13-9-22(10-14-5-3-2-4-6-14)12-19-16-8-18(21)17(20)7-15(16)11-23(13)19;1-8-3-2-4-13-10-6-12(15)11(14)5-9(10)7-16(8)13;1-10(2,3)15-9(13)12-8-6-5-7-11(8,4)14;11-9-4-3-7(6-12)10-8(9)2-1-5-13-10/h2-8,13,21H,10-12H2,1H3;2-8,12,18H,9-11H2,1H3;2-8,13,19H,9-12H2,1H3;5-6,8,13H,2-4,7H2,1H3;8,14H,5-7H2,1-4H3,(H,12,13);1-5H/t13-,21-;12-,18-;13-,19-;8-,13-;8-,11-;/m11111./s1. The van der Waals surface area contributed by atoms with Crippen LogP contribution in [0.4, 0.5) is 32.4 Å². The number of nitrogens with zero attached hydrogens (tertiary/aromatic N) is 11. The quantitative estimate of drug-likeness (QED) is 0.151. The first kappa shape index (κ1) is 86.8. The molecular weight excluding hydrogens is 1780 g/mol. The molecule has 5 fully saturated rings. The van der Waals surface area contributed by atoms with Crippen LogP contribution in [-0.2, 0) is 37.5 Å². The van der Waals surface area contributed by atoms with Gasteiger partial charge in [0.15, 0.2) is 0 Å². The third kappa shape index (κ3) is 19.4. The fourth-order valence-electron chi connectivity index (χ4n) is 18.6. The Kier molecular flexibility index (Phi) is 27.0. The second-order valence-corrected chi connectivity index (χ2v) is 37.2. The summed E-state index contributed by atoms with van der Waals surface area (Å²) in [5.74, 6) is -1.13. The summed E-state index contributed by atoms with van der Waals surface area (Å²) in [6.07, 6.45) is 9.01. The van der Waals surface area contributed by atoms with Crippen LogP contribution in [0.5, 0.6) is 0 Å². The van der Waals surface area contributed by atoms with Crippen molar-refractivity contribution in [2.24, 2.45) is 0 Å². The summed E-state index contributed by atoms with van der Waals surface area (Å²) >= 11 is 13.1. The number of alkyl carbamates (subject to hydrolysis) is 1. The van der Waals surface area contributed by atoms with E-state index in [1.807, 2.05) is 92.4 Å². The van der Waals surface area contributed by atoms with Crippen molar-refractivity contribution in [3.8, 4) is 12.1 Å². The first-order valence-corrected chi connectivity index (χ1v) is 43.8. The van der Waals surface area contributed by atoms with Gasteiger partial charge in [-0.05, 0) is 298 Å². The lowest BCUT2D eigenvalue weighted by molar-refractivity contribution is 0.0195. The molecule has 2 amide bonds. The molecule has 0 bridgehead atoms. The third-order valence-electron chi connectivity index (χ3n) is 24.4. The smallest absolute Gasteiger partial charge is 0.407 e. The second kappa shape index (κ2) is 37.0. The minimum Gasteiger partial charge on any atom is -0.444 e. The Morgan fingerprint density at radius 2 is 1.00 bits per heavy atom. The summed E-state index contributed by atoms with van der Waals surface area (Å²) in [6.45, 7) is 25.9. The zero-order valence-electron chi connectivity index (χ0n) is 67.9. The lowest BCUT2D eigenvalue weighted by Crippen LogP contribution is -2.52. The Morgan fingerprint density at radius 3 is 1.53 bits per heavy atom. The molecule has 9 aliphatic rings. The summed E-state index contributed by atoms with van der Waals surface area (Å²) in [5, 5.41) is 32.1. The molecule has 2 aromatic heterocycles. The summed E-state index contributed by atoms with van der Waals surface area (Å²) in [5.41, 5.74) is 13.2. The van der Waals surface area contributed by atoms with E-state index in [1.54, 1.807) is 55.7 Å². The highest BCUT2D eigenvalue weighted by atomic mass is 79.9. The van der Waals surface area contributed by atoms with E-state index in [9.17, 15) is 41.9 Å². The molecule has 10 heterocycles. The van der Waals surface area contributed by atoms with Crippen molar-refractivity contribution < 1.29 is 41.4 Å². The predicted octanol–water partition coefficient (Wildman–Crippen LogP) is 21.2. The van der Waals surface area contributed by atoms with E-state index in [4.69, 9.17) is 10.00 Å². The van der Waals surface area contributed by atoms with Crippen molar-refractivity contribution in [3.05, 3.63) is 284 Å². The first-order valence-electron chi connectivity index (χ1n) is 40.7. The van der Waals surface area contributed by atoms with E-state index in [1.165, 1.54) is 70.8 Å². The van der Waals surface area contributed by atoms with Gasteiger partial charge in [0.1, 0.15) is 46.8 Å². The van der Waals surface area contributed by atoms with Crippen molar-refractivity contribution in [2.75, 3.05) is 44.2 Å². The number of benzene rings is 8. The van der Waals surface area contributed by atoms with Gasteiger partial charge in [-0.25, -0.2) is 26.7 Å². The number of halogens is 9. The molecule has 8 aromatic carbocycles. The summed E-state index contributed by atoms with van der Waals surface area (Å²) in [4.78, 5) is 49.2. The number of piperidine rings is 1. The van der Waals surface area contributed by atoms with Gasteiger partial charge in [-0.3, -0.25) is 39.3 Å². The van der Waals surface area contributed by atoms with Crippen LogP contribution < -0.4 is 10.2 Å². The van der Waals surface area contributed by atoms with Crippen LogP contribution in [0.3, 0.4) is 0 Å². The van der Waals surface area contributed by atoms with Gasteiger partial charge in [0.25, 0.3) is 5.91 Å². The molecule has 119 heavy (non-hydrogen) atoms. The zero-order chi connectivity index (χ0) is 84.5. The average molecular weight is 1870 g/mol. The van der Waals surface area contributed by atoms with E-state index in [0.29, 0.717) is 75.7 Å². The molecular formula is C94H97Br4F5N12O4. The molecule has 2 N–H and O–H groups in total. The topological polar surface area (TPSA) is 172 Å². The second-order valence-electron chi connectivity index (χ2n) is 33.8. The fourth-order valence-corrected chi connectivity index (χ4v) is 20.2. The molecule has 19 rings (SSSR count). The number of anilines is 1. The highest BCUT2D eigenvalue weighted by Crippen LogP contribution is 2.47. The van der Waals surface area contributed by atoms with Crippen molar-refractivity contribution in [2.45, 2.75) is 192 Å². The molecule has 10 aromatic rings. The number of amides is 2. The molecule has 16 nitrogen and oxygen atoms in total. The van der Waals surface area contributed by atoms with Gasteiger partial charge >= 0.3 is 6.09 Å². The Hall–Kier alpha value is -8.57. The maximum Gasteiger partial charge on any atom is 0.407 e. The van der Waals surface area contributed by atoms with Gasteiger partial charge in [0.05, 0.1) is 63.8 Å². The Balaban J connectivity index is 0.000000119. The highest BCUT2D eigenvalue weighted by molar-refractivity contribution is 9.11. The van der Waals surface area contributed by atoms with Crippen LogP contribution in [0, 0.1) is 51.7 Å². The SMILES string of the molecule is CC(C)(C)OC(=O)N[C@@H]1CCC[C@@]1(C)O.C[C@@H]1CCC[C@@H]2c3cc(F)c(Br)cc3CN12.C[C@@H]1CN(Cc2ccccc2)C[C@@H]2c3cc(F)c(Br)cc3C(=O)N12.C[C@@H]1CN(Cc2ccccc2)C[C@@H]2c3cc(F)c(Br)cc3CN12.C[C@@H]1CN(c2ccc(C#N)c3ncccc23)C[C@@H]2c3cc(F)c(Br)cc3CN12.N#Cc1ccc(F)c2cccnc12. The van der Waals surface area contributed by atoms with Gasteiger partial charge in [-0.15, -0.1) is 0 Å². The Bertz CT molecular complexity index is 5500. The maximum absolute atomic E-state index is 14.2. The minimum absolute atomic E-state index is 0.0163. The first-order chi connectivity index (χ1) is 56.9. The number of nitrogens with one attached hydrogen (secondary N) is 1. The van der Waals surface area contributed by atoms with Crippen LogP contribution in [0.15, 0.2) is 188 Å².